The zero-order valence-corrected chi connectivity index (χ0v) is 21.1. The van der Waals surface area contributed by atoms with Gasteiger partial charge in [0.2, 0.25) is 5.95 Å². The van der Waals surface area contributed by atoms with E-state index in [0.717, 1.165) is 54.2 Å². The fraction of sp³-hybridized carbons (Fsp3) is 0.261. The standard InChI is InChI=1S/C23H26ClN9O2S/c1-32-8-10-33(11-9-32)22-17-7-6-16(12-20(17)30-31-22)27-23-25-14-18(24)21(29-23)28-19-5-3-2-4-15(19)13-26-36(34)35/h2-7,12,14,26H,8-11,13H2,1H3,(H,30,31)(H,34,35)(H2,25,27,28,29)/p-1. The first kappa shape index (κ1) is 24.4. The summed E-state index contributed by atoms with van der Waals surface area (Å²) in [5, 5.41) is 15.5. The van der Waals surface area contributed by atoms with E-state index in [0.29, 0.717) is 22.5 Å². The molecule has 0 spiro atoms. The van der Waals surface area contributed by atoms with Gasteiger partial charge >= 0.3 is 0 Å². The molecule has 1 fully saturated rings. The quantitative estimate of drug-likeness (QED) is 0.255. The molecule has 1 saturated heterocycles. The van der Waals surface area contributed by atoms with Crippen LogP contribution in [0.5, 0.6) is 0 Å². The molecule has 13 heteroatoms. The number of aromatic amines is 1. The Morgan fingerprint density at radius 3 is 2.75 bits per heavy atom. The van der Waals surface area contributed by atoms with Gasteiger partial charge < -0.3 is 25.0 Å². The highest BCUT2D eigenvalue weighted by atomic mass is 35.5. The molecule has 4 aromatic rings. The molecule has 0 bridgehead atoms. The molecule has 0 saturated carbocycles. The zero-order valence-electron chi connectivity index (χ0n) is 19.5. The third-order valence-corrected chi connectivity index (χ3v) is 6.65. The summed E-state index contributed by atoms with van der Waals surface area (Å²) in [6.45, 7) is 4.04. The molecule has 0 radical (unpaired) electrons. The molecule has 5 rings (SSSR count). The normalized spacial score (nSPS) is 15.2. The summed E-state index contributed by atoms with van der Waals surface area (Å²) in [5.74, 6) is 1.72. The van der Waals surface area contributed by atoms with Crippen LogP contribution >= 0.6 is 11.6 Å². The van der Waals surface area contributed by atoms with Gasteiger partial charge in [0.1, 0.15) is 5.02 Å². The first-order chi connectivity index (χ1) is 17.5. The Morgan fingerprint density at radius 2 is 1.94 bits per heavy atom. The lowest BCUT2D eigenvalue weighted by atomic mass is 10.2. The number of nitrogens with one attached hydrogen (secondary N) is 4. The molecule has 11 nitrogen and oxygen atoms in total. The SMILES string of the molecule is CN1CCN(c2n[nH]c3cc(Nc4ncc(Cl)c(Nc5ccccc5CNS(=O)[O-])n4)ccc23)CC1. The maximum absolute atomic E-state index is 10.9. The number of anilines is 5. The van der Waals surface area contributed by atoms with Crippen LogP contribution in [0.1, 0.15) is 5.56 Å². The van der Waals surface area contributed by atoms with E-state index in [4.69, 9.17) is 11.6 Å². The zero-order chi connectivity index (χ0) is 25.1. The number of hydrogen-bond donors (Lipinski definition) is 4. The topological polar surface area (TPSA) is 137 Å². The van der Waals surface area contributed by atoms with Gasteiger partial charge in [-0.2, -0.15) is 10.1 Å². The summed E-state index contributed by atoms with van der Waals surface area (Å²) in [6.07, 6.45) is 1.51. The number of halogens is 1. The number of H-pyrrole nitrogens is 1. The van der Waals surface area contributed by atoms with E-state index >= 15 is 0 Å². The van der Waals surface area contributed by atoms with Crippen LogP contribution in [-0.2, 0) is 17.8 Å². The van der Waals surface area contributed by atoms with Gasteiger partial charge in [0.15, 0.2) is 11.6 Å². The van der Waals surface area contributed by atoms with Gasteiger partial charge in [0.05, 0.1) is 11.7 Å². The van der Waals surface area contributed by atoms with Crippen molar-refractivity contribution in [3.05, 3.63) is 59.2 Å². The number of aromatic nitrogens is 4. The smallest absolute Gasteiger partial charge is 0.229 e. The van der Waals surface area contributed by atoms with Gasteiger partial charge in [-0.3, -0.25) is 9.31 Å². The summed E-state index contributed by atoms with van der Waals surface area (Å²) in [7, 11) is 2.13. The highest BCUT2D eigenvalue weighted by Gasteiger charge is 2.19. The Morgan fingerprint density at radius 1 is 1.14 bits per heavy atom. The molecule has 36 heavy (non-hydrogen) atoms. The second-order valence-corrected chi connectivity index (χ2v) is 9.62. The lowest BCUT2D eigenvalue weighted by Gasteiger charge is -2.32. The average molecular weight is 527 g/mol. The van der Waals surface area contributed by atoms with Crippen LogP contribution in [0.15, 0.2) is 48.7 Å². The molecule has 1 atom stereocenters. The molecule has 0 aliphatic carbocycles. The van der Waals surface area contributed by atoms with Crippen LogP contribution < -0.4 is 20.3 Å². The van der Waals surface area contributed by atoms with E-state index in [2.05, 4.69) is 52.4 Å². The van der Waals surface area contributed by atoms with E-state index < -0.39 is 11.3 Å². The van der Waals surface area contributed by atoms with Gasteiger partial charge in [0.25, 0.3) is 0 Å². The Hall–Kier alpha value is -3.29. The predicted octanol–water partition coefficient (Wildman–Crippen LogP) is 3.13. The number of fused-ring (bicyclic) bond motifs is 1. The number of nitrogens with zero attached hydrogens (tertiary/aromatic N) is 5. The maximum atomic E-state index is 10.9. The van der Waals surface area contributed by atoms with E-state index in [9.17, 15) is 8.76 Å². The van der Waals surface area contributed by atoms with Crippen molar-refractivity contribution in [1.29, 1.82) is 0 Å². The van der Waals surface area contributed by atoms with Gasteiger partial charge in [-0.1, -0.05) is 29.8 Å². The molecule has 2 aromatic heterocycles. The fourth-order valence-electron chi connectivity index (χ4n) is 4.05. The number of hydrogen-bond acceptors (Lipinski definition) is 9. The highest BCUT2D eigenvalue weighted by molar-refractivity contribution is 7.77. The van der Waals surface area contributed by atoms with E-state index in [1.165, 1.54) is 6.20 Å². The highest BCUT2D eigenvalue weighted by Crippen LogP contribution is 2.30. The van der Waals surface area contributed by atoms with Crippen molar-refractivity contribution in [1.82, 2.24) is 29.8 Å². The molecule has 3 heterocycles. The third-order valence-electron chi connectivity index (χ3n) is 6.00. The predicted molar refractivity (Wildman–Crippen MR) is 142 cm³/mol. The fourth-order valence-corrected chi connectivity index (χ4v) is 4.46. The summed E-state index contributed by atoms with van der Waals surface area (Å²) >= 11 is 3.98. The average Bonchev–Trinajstić information content (AvgIpc) is 3.29. The minimum absolute atomic E-state index is 0.132. The Kier molecular flexibility index (Phi) is 7.30. The lowest BCUT2D eigenvalue weighted by molar-refractivity contribution is 0.312. The minimum Gasteiger partial charge on any atom is -0.760 e. The molecule has 4 N–H and O–H groups in total. The summed E-state index contributed by atoms with van der Waals surface area (Å²) in [6, 6.07) is 13.3. The first-order valence-corrected chi connectivity index (χ1v) is 12.8. The van der Waals surface area contributed by atoms with Crippen LogP contribution in [-0.4, -0.2) is 67.1 Å². The Balaban J connectivity index is 1.33. The second kappa shape index (κ2) is 10.8. The molecular formula is C23H25ClN9O2S-. The molecule has 2 aromatic carbocycles. The molecule has 1 aliphatic heterocycles. The van der Waals surface area contributed by atoms with Crippen molar-refractivity contribution in [3.63, 3.8) is 0 Å². The number of rotatable bonds is 8. The monoisotopic (exact) mass is 526 g/mol. The van der Waals surface area contributed by atoms with Crippen molar-refractivity contribution in [2.75, 3.05) is 48.8 Å². The maximum Gasteiger partial charge on any atom is 0.229 e. The van der Waals surface area contributed by atoms with Crippen molar-refractivity contribution >= 4 is 62.7 Å². The second-order valence-electron chi connectivity index (χ2n) is 8.45. The number of likely N-dealkylation sites (N-methyl/N-ethyl adjacent to an activating group) is 1. The van der Waals surface area contributed by atoms with Crippen LogP contribution in [0, 0.1) is 0 Å². The molecule has 188 valence electrons. The number of piperazine rings is 1. The van der Waals surface area contributed by atoms with Crippen molar-refractivity contribution in [2.45, 2.75) is 6.54 Å². The van der Waals surface area contributed by atoms with Crippen LogP contribution in [0.4, 0.5) is 29.0 Å². The Labute approximate surface area is 215 Å². The van der Waals surface area contributed by atoms with Crippen molar-refractivity contribution in [3.8, 4) is 0 Å². The van der Waals surface area contributed by atoms with Crippen LogP contribution in [0.25, 0.3) is 10.9 Å². The lowest BCUT2D eigenvalue weighted by Crippen LogP contribution is -2.44. The van der Waals surface area contributed by atoms with E-state index in [1.54, 1.807) is 0 Å². The summed E-state index contributed by atoms with van der Waals surface area (Å²) < 4.78 is 24.2. The molecular weight excluding hydrogens is 502 g/mol. The number of benzene rings is 2. The molecule has 1 unspecified atom stereocenters. The van der Waals surface area contributed by atoms with Crippen LogP contribution in [0.2, 0.25) is 5.02 Å². The van der Waals surface area contributed by atoms with E-state index in [-0.39, 0.29) is 6.54 Å². The summed E-state index contributed by atoms with van der Waals surface area (Å²) in [4.78, 5) is 13.4. The Bertz CT molecular complexity index is 1390. The first-order valence-electron chi connectivity index (χ1n) is 11.3. The summed E-state index contributed by atoms with van der Waals surface area (Å²) in [5.41, 5.74) is 3.13. The van der Waals surface area contributed by atoms with Gasteiger partial charge in [0, 0.05) is 60.8 Å². The molecule has 0 amide bonds. The largest absolute Gasteiger partial charge is 0.760 e. The van der Waals surface area contributed by atoms with Gasteiger partial charge in [-0.25, -0.2) is 9.71 Å². The van der Waals surface area contributed by atoms with Gasteiger partial charge in [-0.05, 0) is 36.9 Å². The van der Waals surface area contributed by atoms with Crippen LogP contribution in [0.3, 0.4) is 0 Å². The van der Waals surface area contributed by atoms with Crippen molar-refractivity contribution < 1.29 is 8.76 Å². The third kappa shape index (κ3) is 5.58. The van der Waals surface area contributed by atoms with Crippen molar-refractivity contribution in [2.24, 2.45) is 0 Å². The van der Waals surface area contributed by atoms with E-state index in [1.807, 2.05) is 42.5 Å². The minimum atomic E-state index is -2.36. The number of para-hydroxylation sites is 1. The van der Waals surface area contributed by atoms with Gasteiger partial charge in [-0.15, -0.1) is 0 Å². The molecule has 1 aliphatic rings.